The summed E-state index contributed by atoms with van der Waals surface area (Å²) in [6.45, 7) is 9.87. The Kier molecular flexibility index (Phi) is 5.26. The van der Waals surface area contributed by atoms with E-state index in [2.05, 4.69) is 24.1 Å². The van der Waals surface area contributed by atoms with Crippen molar-refractivity contribution in [2.24, 2.45) is 5.92 Å². The number of nitrogens with zero attached hydrogens (tertiary/aromatic N) is 1. The van der Waals surface area contributed by atoms with Crippen LogP contribution in [0.5, 0.6) is 0 Å². The Morgan fingerprint density at radius 3 is 2.53 bits per heavy atom. The zero-order valence-electron chi connectivity index (χ0n) is 11.5. The Labute approximate surface area is 106 Å². The maximum Gasteiger partial charge on any atom is 0.0619 e. The molecule has 0 bridgehead atoms. The van der Waals surface area contributed by atoms with Crippen molar-refractivity contribution in [3.63, 3.8) is 0 Å². The summed E-state index contributed by atoms with van der Waals surface area (Å²) in [6, 6.07) is 1.46. The molecule has 1 saturated carbocycles. The van der Waals surface area contributed by atoms with Gasteiger partial charge in [-0.25, -0.2) is 0 Å². The molecule has 1 unspecified atom stereocenters. The average Bonchev–Trinajstić information content (AvgIpc) is 3.18. The van der Waals surface area contributed by atoms with Gasteiger partial charge in [-0.2, -0.15) is 0 Å². The summed E-state index contributed by atoms with van der Waals surface area (Å²) in [5.41, 5.74) is 0. The number of nitrogens with one attached hydrogen (secondary N) is 1. The minimum Gasteiger partial charge on any atom is -0.380 e. The molecule has 0 aromatic rings. The Morgan fingerprint density at radius 1 is 1.24 bits per heavy atom. The minimum absolute atomic E-state index is 0.595. The Morgan fingerprint density at radius 2 is 1.94 bits per heavy atom. The Balaban J connectivity index is 1.78. The van der Waals surface area contributed by atoms with Gasteiger partial charge in [0.1, 0.15) is 0 Å². The van der Waals surface area contributed by atoms with E-state index >= 15 is 0 Å². The number of ether oxygens (including phenoxy) is 1. The first kappa shape index (κ1) is 13.3. The van der Waals surface area contributed by atoms with Crippen LogP contribution in [0.4, 0.5) is 0 Å². The zero-order valence-corrected chi connectivity index (χ0v) is 11.5. The van der Waals surface area contributed by atoms with Crippen molar-refractivity contribution in [1.29, 1.82) is 0 Å². The van der Waals surface area contributed by atoms with Crippen LogP contribution in [-0.2, 0) is 4.74 Å². The van der Waals surface area contributed by atoms with Crippen molar-refractivity contribution >= 4 is 0 Å². The van der Waals surface area contributed by atoms with Gasteiger partial charge in [-0.05, 0) is 58.5 Å². The van der Waals surface area contributed by atoms with E-state index in [4.69, 9.17) is 4.74 Å². The quantitative estimate of drug-likeness (QED) is 0.735. The van der Waals surface area contributed by atoms with Crippen LogP contribution in [0.25, 0.3) is 0 Å². The normalized spacial score (nSPS) is 24.2. The second kappa shape index (κ2) is 6.72. The van der Waals surface area contributed by atoms with Gasteiger partial charge in [-0.1, -0.05) is 0 Å². The predicted octanol–water partition coefficient (Wildman–Crippen LogP) is 1.88. The van der Waals surface area contributed by atoms with Crippen LogP contribution in [0.3, 0.4) is 0 Å². The lowest BCUT2D eigenvalue weighted by atomic mass is 9.97. The summed E-state index contributed by atoms with van der Waals surface area (Å²) in [5, 5.41) is 3.45. The van der Waals surface area contributed by atoms with E-state index in [9.17, 15) is 0 Å². The van der Waals surface area contributed by atoms with Crippen molar-refractivity contribution in [1.82, 2.24) is 10.2 Å². The molecule has 3 heteroatoms. The molecule has 2 aliphatic rings. The van der Waals surface area contributed by atoms with Gasteiger partial charge in [0.15, 0.2) is 0 Å². The highest BCUT2D eigenvalue weighted by Gasteiger charge is 2.33. The van der Waals surface area contributed by atoms with E-state index < -0.39 is 0 Å². The molecule has 1 atom stereocenters. The number of hydrogen-bond donors (Lipinski definition) is 1. The maximum absolute atomic E-state index is 5.59. The van der Waals surface area contributed by atoms with Crippen LogP contribution in [0.15, 0.2) is 0 Å². The third-order valence-corrected chi connectivity index (χ3v) is 4.07. The number of rotatable bonds is 7. The lowest BCUT2D eigenvalue weighted by Gasteiger charge is -2.34. The van der Waals surface area contributed by atoms with Gasteiger partial charge in [0, 0.05) is 25.2 Å². The zero-order chi connectivity index (χ0) is 12.1. The van der Waals surface area contributed by atoms with Crippen molar-refractivity contribution in [3.8, 4) is 0 Å². The molecule has 17 heavy (non-hydrogen) atoms. The standard InChI is InChI=1S/C14H28N2O/c1-3-17-11-12(2)16(14-4-5-14)10-13-6-8-15-9-7-13/h12-15H,3-11H2,1-2H3. The van der Waals surface area contributed by atoms with Gasteiger partial charge in [0.25, 0.3) is 0 Å². The smallest absolute Gasteiger partial charge is 0.0619 e. The average molecular weight is 240 g/mol. The molecule has 0 aromatic carbocycles. The summed E-state index contributed by atoms with van der Waals surface area (Å²) in [5.74, 6) is 0.904. The molecule has 1 aliphatic heterocycles. The van der Waals surface area contributed by atoms with Crippen LogP contribution in [0.1, 0.15) is 39.5 Å². The molecule has 0 radical (unpaired) electrons. The van der Waals surface area contributed by atoms with Gasteiger partial charge in [-0.3, -0.25) is 4.90 Å². The molecule has 1 aliphatic carbocycles. The van der Waals surface area contributed by atoms with Crippen molar-refractivity contribution in [3.05, 3.63) is 0 Å². The summed E-state index contributed by atoms with van der Waals surface area (Å²) >= 11 is 0. The van der Waals surface area contributed by atoms with Gasteiger partial charge < -0.3 is 10.1 Å². The topological polar surface area (TPSA) is 24.5 Å². The third-order valence-electron chi connectivity index (χ3n) is 4.07. The lowest BCUT2D eigenvalue weighted by Crippen LogP contribution is -2.43. The monoisotopic (exact) mass is 240 g/mol. The molecule has 1 N–H and O–H groups in total. The van der Waals surface area contributed by atoms with Crippen LogP contribution >= 0.6 is 0 Å². The fraction of sp³-hybridized carbons (Fsp3) is 1.00. The molecule has 1 saturated heterocycles. The largest absolute Gasteiger partial charge is 0.380 e. The highest BCUT2D eigenvalue weighted by atomic mass is 16.5. The molecular weight excluding hydrogens is 212 g/mol. The summed E-state index contributed by atoms with van der Waals surface area (Å²) in [4.78, 5) is 2.71. The molecule has 0 aromatic heterocycles. The first-order valence-corrected chi connectivity index (χ1v) is 7.35. The van der Waals surface area contributed by atoms with Gasteiger partial charge in [0.05, 0.1) is 6.61 Å². The molecule has 1 heterocycles. The predicted molar refractivity (Wildman–Crippen MR) is 71.3 cm³/mol. The molecule has 3 nitrogen and oxygen atoms in total. The van der Waals surface area contributed by atoms with Crippen molar-refractivity contribution < 1.29 is 4.74 Å². The minimum atomic E-state index is 0.595. The molecule has 0 spiro atoms. The molecule has 2 rings (SSSR count). The van der Waals surface area contributed by atoms with Crippen LogP contribution < -0.4 is 5.32 Å². The third kappa shape index (κ3) is 4.23. The number of hydrogen-bond acceptors (Lipinski definition) is 3. The fourth-order valence-corrected chi connectivity index (χ4v) is 2.84. The van der Waals surface area contributed by atoms with E-state index in [1.807, 2.05) is 0 Å². The van der Waals surface area contributed by atoms with Crippen molar-refractivity contribution in [2.45, 2.75) is 51.6 Å². The highest BCUT2D eigenvalue weighted by Crippen LogP contribution is 2.30. The Hall–Kier alpha value is -0.120. The van der Waals surface area contributed by atoms with E-state index in [-0.39, 0.29) is 0 Å². The van der Waals surface area contributed by atoms with E-state index in [0.717, 1.165) is 25.2 Å². The maximum atomic E-state index is 5.59. The van der Waals surface area contributed by atoms with Gasteiger partial charge in [0.2, 0.25) is 0 Å². The van der Waals surface area contributed by atoms with E-state index in [1.165, 1.54) is 45.3 Å². The van der Waals surface area contributed by atoms with Gasteiger partial charge in [-0.15, -0.1) is 0 Å². The Bertz CT molecular complexity index is 212. The van der Waals surface area contributed by atoms with Crippen LogP contribution in [0.2, 0.25) is 0 Å². The van der Waals surface area contributed by atoms with E-state index in [1.54, 1.807) is 0 Å². The molecule has 100 valence electrons. The molecule has 2 fully saturated rings. The molecular formula is C14H28N2O. The van der Waals surface area contributed by atoms with Crippen LogP contribution in [-0.4, -0.2) is 49.8 Å². The molecule has 0 amide bonds. The second-order valence-electron chi connectivity index (χ2n) is 5.63. The summed E-state index contributed by atoms with van der Waals surface area (Å²) in [6.07, 6.45) is 5.51. The van der Waals surface area contributed by atoms with Crippen molar-refractivity contribution in [2.75, 3.05) is 32.8 Å². The summed E-state index contributed by atoms with van der Waals surface area (Å²) in [7, 11) is 0. The van der Waals surface area contributed by atoms with E-state index in [0.29, 0.717) is 6.04 Å². The van der Waals surface area contributed by atoms with Gasteiger partial charge >= 0.3 is 0 Å². The fourth-order valence-electron chi connectivity index (χ4n) is 2.84. The van der Waals surface area contributed by atoms with Crippen LogP contribution in [0, 0.1) is 5.92 Å². The number of piperidine rings is 1. The second-order valence-corrected chi connectivity index (χ2v) is 5.63. The summed E-state index contributed by atoms with van der Waals surface area (Å²) < 4.78 is 5.59. The SMILES string of the molecule is CCOCC(C)N(CC1CCNCC1)C1CC1. The highest BCUT2D eigenvalue weighted by molar-refractivity contribution is 4.89. The first-order valence-electron chi connectivity index (χ1n) is 7.35. The lowest BCUT2D eigenvalue weighted by molar-refractivity contribution is 0.0577. The first-order chi connectivity index (χ1) is 8.31.